The van der Waals surface area contributed by atoms with Gasteiger partial charge in [-0.3, -0.25) is 0 Å². The number of furan rings is 1. The van der Waals surface area contributed by atoms with Crippen LogP contribution in [0.5, 0.6) is 5.75 Å². The third kappa shape index (κ3) is 3.66. The fraction of sp³-hybridized carbons (Fsp3) is 0.261. The molecule has 1 aliphatic rings. The molecule has 3 aromatic rings. The molecule has 0 fully saturated rings. The summed E-state index contributed by atoms with van der Waals surface area (Å²) in [5, 5.41) is 9.88. The number of carbonyl (C=O) groups is 1. The number of esters is 1. The normalized spacial score (nSPS) is 16.3. The summed E-state index contributed by atoms with van der Waals surface area (Å²) < 4.78 is 11.7. The largest absolute Gasteiger partial charge is 0.453 e. The zero-order valence-electron chi connectivity index (χ0n) is 17.2. The molecule has 1 aromatic heterocycles. The fourth-order valence-corrected chi connectivity index (χ4v) is 3.94. The summed E-state index contributed by atoms with van der Waals surface area (Å²) in [4.78, 5) is 13.0. The Morgan fingerprint density at radius 3 is 2.60 bits per heavy atom. The van der Waals surface area contributed by atoms with Gasteiger partial charge in [0.2, 0.25) is 11.7 Å². The molecule has 0 bridgehead atoms. The van der Waals surface area contributed by atoms with Crippen LogP contribution in [0.2, 0.25) is 0 Å². The number of hydrogen-bond acceptors (Lipinski definition) is 5. The van der Waals surface area contributed by atoms with Gasteiger partial charge < -0.3 is 20.6 Å². The Balaban J connectivity index is 1.73. The van der Waals surface area contributed by atoms with Gasteiger partial charge in [-0.15, -0.1) is 5.10 Å². The second-order valence-electron chi connectivity index (χ2n) is 8.31. The zero-order chi connectivity index (χ0) is 21.5. The summed E-state index contributed by atoms with van der Waals surface area (Å²) in [5.41, 5.74) is 12.9. The topological polar surface area (TPSA) is 116 Å². The molecule has 154 valence electrons. The second kappa shape index (κ2) is 7.33. The molecule has 2 aromatic carbocycles. The summed E-state index contributed by atoms with van der Waals surface area (Å²) in [6.07, 6.45) is 1.33. The van der Waals surface area contributed by atoms with Crippen molar-refractivity contribution < 1.29 is 13.9 Å². The number of carbonyl (C=O) groups excluding carboxylic acids is 1. The van der Waals surface area contributed by atoms with Crippen molar-refractivity contribution in [2.24, 2.45) is 27.1 Å². The SMILES string of the molecule is Cc1c(C(=O)Oc2cccc3ccccc23)oc2c1/C(=N\N=C(N)N)CC(C)(C)C2. The van der Waals surface area contributed by atoms with Crippen molar-refractivity contribution >= 4 is 28.4 Å². The maximum absolute atomic E-state index is 13.0. The van der Waals surface area contributed by atoms with Crippen LogP contribution in [-0.4, -0.2) is 17.6 Å². The van der Waals surface area contributed by atoms with Crippen molar-refractivity contribution in [1.82, 2.24) is 0 Å². The average Bonchev–Trinajstić information content (AvgIpc) is 3.01. The van der Waals surface area contributed by atoms with Crippen LogP contribution in [0.4, 0.5) is 0 Å². The van der Waals surface area contributed by atoms with Gasteiger partial charge in [0.1, 0.15) is 11.5 Å². The van der Waals surface area contributed by atoms with Crippen molar-refractivity contribution in [1.29, 1.82) is 0 Å². The van der Waals surface area contributed by atoms with E-state index < -0.39 is 5.97 Å². The molecule has 0 radical (unpaired) electrons. The van der Waals surface area contributed by atoms with Gasteiger partial charge in [-0.05, 0) is 30.2 Å². The van der Waals surface area contributed by atoms with E-state index in [1.165, 1.54) is 0 Å². The Morgan fingerprint density at radius 2 is 1.83 bits per heavy atom. The number of benzene rings is 2. The van der Waals surface area contributed by atoms with Gasteiger partial charge in [-0.25, -0.2) is 4.79 Å². The highest BCUT2D eigenvalue weighted by molar-refractivity contribution is 6.06. The van der Waals surface area contributed by atoms with Crippen LogP contribution >= 0.6 is 0 Å². The minimum atomic E-state index is -0.544. The summed E-state index contributed by atoms with van der Waals surface area (Å²) in [6, 6.07) is 13.3. The lowest BCUT2D eigenvalue weighted by Gasteiger charge is -2.29. The Bertz CT molecular complexity index is 1200. The van der Waals surface area contributed by atoms with Crippen LogP contribution in [0.15, 0.2) is 57.1 Å². The highest BCUT2D eigenvalue weighted by Crippen LogP contribution is 2.39. The molecule has 0 saturated heterocycles. The molecule has 1 aliphatic carbocycles. The van der Waals surface area contributed by atoms with Crippen LogP contribution < -0.4 is 16.2 Å². The van der Waals surface area contributed by atoms with Gasteiger partial charge in [0.25, 0.3) is 0 Å². The second-order valence-corrected chi connectivity index (χ2v) is 8.31. The van der Waals surface area contributed by atoms with E-state index in [1.807, 2.05) is 43.3 Å². The van der Waals surface area contributed by atoms with Crippen molar-refractivity contribution in [3.05, 3.63) is 65.1 Å². The molecule has 4 N–H and O–H groups in total. The number of nitrogens with two attached hydrogens (primary N) is 2. The Labute approximate surface area is 174 Å². The van der Waals surface area contributed by atoms with E-state index in [2.05, 4.69) is 24.1 Å². The number of hydrogen-bond donors (Lipinski definition) is 2. The van der Waals surface area contributed by atoms with Crippen LogP contribution in [0, 0.1) is 12.3 Å². The summed E-state index contributed by atoms with van der Waals surface area (Å²) in [6.45, 7) is 6.03. The maximum atomic E-state index is 13.0. The highest BCUT2D eigenvalue weighted by atomic mass is 16.5. The number of guanidine groups is 1. The van der Waals surface area contributed by atoms with Crippen LogP contribution in [-0.2, 0) is 6.42 Å². The lowest BCUT2D eigenvalue weighted by Crippen LogP contribution is -2.27. The first-order chi connectivity index (χ1) is 14.2. The standard InChI is InChI=1S/C23H24N4O3/c1-13-19-16(26-27-22(24)25)11-23(2,3)12-18(19)29-20(13)21(28)30-17-10-6-8-14-7-4-5-9-15(14)17/h4-10H,11-12H2,1-3H3,(H4,24,25,27)/b26-16-. The van der Waals surface area contributed by atoms with Crippen molar-refractivity contribution in [2.45, 2.75) is 33.6 Å². The third-order valence-electron chi connectivity index (χ3n) is 5.22. The van der Waals surface area contributed by atoms with Crippen LogP contribution in [0.25, 0.3) is 10.8 Å². The van der Waals surface area contributed by atoms with Gasteiger partial charge in [0.05, 0.1) is 5.71 Å². The van der Waals surface area contributed by atoms with E-state index in [1.54, 1.807) is 6.07 Å². The predicted octanol–water partition coefficient (Wildman–Crippen LogP) is 3.91. The molecular weight excluding hydrogens is 380 g/mol. The van der Waals surface area contributed by atoms with Gasteiger partial charge in [-0.1, -0.05) is 50.2 Å². The van der Waals surface area contributed by atoms with Gasteiger partial charge in [0.15, 0.2) is 0 Å². The molecule has 0 amide bonds. The summed E-state index contributed by atoms with van der Waals surface area (Å²) in [7, 11) is 0. The van der Waals surface area contributed by atoms with E-state index in [0.717, 1.165) is 16.3 Å². The Hall–Kier alpha value is -3.61. The quantitative estimate of drug-likeness (QED) is 0.226. The van der Waals surface area contributed by atoms with Gasteiger partial charge >= 0.3 is 5.97 Å². The number of rotatable bonds is 3. The molecule has 4 rings (SSSR count). The molecule has 30 heavy (non-hydrogen) atoms. The molecular formula is C23H24N4O3. The van der Waals surface area contributed by atoms with Crippen molar-refractivity contribution in [2.75, 3.05) is 0 Å². The van der Waals surface area contributed by atoms with Crippen molar-refractivity contribution in [3.63, 3.8) is 0 Å². The Morgan fingerprint density at radius 1 is 1.10 bits per heavy atom. The molecule has 1 heterocycles. The number of ether oxygens (including phenoxy) is 1. The van der Waals surface area contributed by atoms with Crippen LogP contribution in [0.1, 0.15) is 47.7 Å². The van der Waals surface area contributed by atoms with Crippen molar-refractivity contribution in [3.8, 4) is 5.75 Å². The molecule has 0 saturated carbocycles. The lowest BCUT2D eigenvalue weighted by molar-refractivity contribution is 0.0699. The first kappa shape index (κ1) is 19.7. The zero-order valence-corrected chi connectivity index (χ0v) is 17.2. The molecule has 0 aliphatic heterocycles. The van der Waals surface area contributed by atoms with E-state index in [0.29, 0.717) is 35.6 Å². The summed E-state index contributed by atoms with van der Waals surface area (Å²) >= 11 is 0. The predicted molar refractivity (Wildman–Crippen MR) is 117 cm³/mol. The van der Waals surface area contributed by atoms with E-state index in [4.69, 9.17) is 20.6 Å². The van der Waals surface area contributed by atoms with Crippen LogP contribution in [0.3, 0.4) is 0 Å². The molecule has 0 spiro atoms. The monoisotopic (exact) mass is 404 g/mol. The molecule has 7 nitrogen and oxygen atoms in total. The van der Waals surface area contributed by atoms with Gasteiger partial charge in [0, 0.05) is 22.9 Å². The minimum absolute atomic E-state index is 0.105. The Kier molecular flexibility index (Phi) is 4.81. The van der Waals surface area contributed by atoms with E-state index >= 15 is 0 Å². The first-order valence-electron chi connectivity index (χ1n) is 9.73. The molecule has 7 heteroatoms. The average molecular weight is 404 g/mol. The number of nitrogens with zero attached hydrogens (tertiary/aromatic N) is 2. The highest BCUT2D eigenvalue weighted by Gasteiger charge is 2.36. The number of fused-ring (bicyclic) bond motifs is 2. The fourth-order valence-electron chi connectivity index (χ4n) is 3.94. The first-order valence-corrected chi connectivity index (χ1v) is 9.73. The third-order valence-corrected chi connectivity index (χ3v) is 5.22. The molecule has 0 atom stereocenters. The van der Waals surface area contributed by atoms with E-state index in [-0.39, 0.29) is 17.1 Å². The van der Waals surface area contributed by atoms with E-state index in [9.17, 15) is 4.79 Å². The lowest BCUT2D eigenvalue weighted by atomic mass is 9.75. The molecule has 0 unspecified atom stereocenters. The summed E-state index contributed by atoms with van der Waals surface area (Å²) in [5.74, 6) is 0.684. The maximum Gasteiger partial charge on any atom is 0.379 e. The minimum Gasteiger partial charge on any atom is -0.453 e. The van der Waals surface area contributed by atoms with Gasteiger partial charge in [-0.2, -0.15) is 5.10 Å². The smallest absolute Gasteiger partial charge is 0.379 e.